The number of anilines is 2. The minimum absolute atomic E-state index is 0.0237. The summed E-state index contributed by atoms with van der Waals surface area (Å²) in [5.41, 5.74) is 8.03. The van der Waals surface area contributed by atoms with Gasteiger partial charge in [-0.05, 0) is 172 Å². The zero-order valence-electron chi connectivity index (χ0n) is 35.8. The van der Waals surface area contributed by atoms with E-state index in [1.54, 1.807) is 54.6 Å². The number of piperidine rings is 1. The summed E-state index contributed by atoms with van der Waals surface area (Å²) < 4.78 is 44.0. The van der Waals surface area contributed by atoms with Gasteiger partial charge >= 0.3 is 12.0 Å². The van der Waals surface area contributed by atoms with Gasteiger partial charge in [-0.1, -0.05) is 6.42 Å². The Labute approximate surface area is 383 Å². The molecule has 2 aromatic heterocycles. The molecule has 0 bridgehead atoms. The molecule has 1 aliphatic rings. The number of urea groups is 1. The molecule has 7 aromatic rings. The lowest BCUT2D eigenvalue weighted by atomic mass is 10.1. The highest BCUT2D eigenvalue weighted by atomic mass is 19.1. The van der Waals surface area contributed by atoms with Crippen LogP contribution >= 0.6 is 0 Å². The summed E-state index contributed by atoms with van der Waals surface area (Å²) in [4.78, 5) is 63.7. The van der Waals surface area contributed by atoms with Gasteiger partial charge in [0.1, 0.15) is 51.8 Å². The number of benzene rings is 5. The fraction of sp³-hybridized carbons (Fsp3) is 0.137. The molecule has 5 aromatic carbocycles. The number of ether oxygens (including phenoxy) is 3. The Morgan fingerprint density at radius 3 is 1.61 bits per heavy atom. The predicted octanol–water partition coefficient (Wildman–Crippen LogP) is 9.85. The Balaban J connectivity index is 0.927. The van der Waals surface area contributed by atoms with Crippen molar-refractivity contribution in [3.05, 3.63) is 174 Å². The molecule has 0 atom stereocenters. The largest absolute Gasteiger partial charge is 0.457 e. The molecular weight excluding hydrogens is 861 g/mol. The Kier molecular flexibility index (Phi) is 14.1. The predicted molar refractivity (Wildman–Crippen MR) is 247 cm³/mol. The second kappa shape index (κ2) is 21.0. The van der Waals surface area contributed by atoms with Crippen molar-refractivity contribution < 1.29 is 42.2 Å². The molecule has 0 spiro atoms. The van der Waals surface area contributed by atoms with Gasteiger partial charge in [-0.15, -0.1) is 0 Å². The molecule has 0 unspecified atom stereocenters. The first-order valence-corrected chi connectivity index (χ1v) is 21.3. The number of nitrogens with zero attached hydrogens (tertiary/aromatic N) is 3. The number of amides is 4. The van der Waals surface area contributed by atoms with Crippen molar-refractivity contribution in [2.75, 3.05) is 36.8 Å². The molecule has 1 aliphatic heterocycles. The standard InChI is InChI=1S/C51H43F2N7O7/c52-35-8-18-41(19-9-35)65-39-14-4-32(5-15-39)44-28-34(29-47(59-44)49(62)55-24-27-60-25-2-1-3-26-60)50(63)67-43-22-12-37(13-23-43)56-51(64)57-38-30-45(58-46(31-38)48(54)61)33-6-16-40(17-7-33)66-42-20-10-36(53)11-21-42/h4-23,28-31H,1-3,24-27H2,(H2,54,61)(H,55,62)(H2,56,57,58,64). The van der Waals surface area contributed by atoms with Crippen LogP contribution in [0, 0.1) is 11.6 Å². The van der Waals surface area contributed by atoms with Crippen LogP contribution in [0.2, 0.25) is 0 Å². The number of carbonyl (C=O) groups is 4. The average molecular weight is 904 g/mol. The van der Waals surface area contributed by atoms with Crippen LogP contribution in [0.1, 0.15) is 50.6 Å². The van der Waals surface area contributed by atoms with E-state index in [9.17, 15) is 28.0 Å². The number of pyridine rings is 2. The Hall–Kier alpha value is -8.50. The van der Waals surface area contributed by atoms with Crippen molar-refractivity contribution in [2.45, 2.75) is 19.3 Å². The molecule has 16 heteroatoms. The zero-order valence-corrected chi connectivity index (χ0v) is 35.8. The monoisotopic (exact) mass is 903 g/mol. The van der Waals surface area contributed by atoms with Gasteiger partial charge in [-0.2, -0.15) is 0 Å². The second-order valence-electron chi connectivity index (χ2n) is 15.4. The average Bonchev–Trinajstić information content (AvgIpc) is 3.34. The van der Waals surface area contributed by atoms with E-state index >= 15 is 0 Å². The number of hydrogen-bond donors (Lipinski definition) is 4. The van der Waals surface area contributed by atoms with E-state index in [-0.39, 0.29) is 40.0 Å². The minimum atomic E-state index is -0.804. The number of hydrogen-bond acceptors (Lipinski definition) is 10. The molecule has 1 saturated heterocycles. The number of nitrogens with one attached hydrogen (secondary N) is 3. The summed E-state index contributed by atoms with van der Waals surface area (Å²) in [6.45, 7) is 3.06. The van der Waals surface area contributed by atoms with E-state index in [1.165, 1.54) is 97.4 Å². The van der Waals surface area contributed by atoms with Crippen LogP contribution in [-0.2, 0) is 0 Å². The molecular formula is C51H43F2N7O7. The first-order chi connectivity index (χ1) is 32.5. The maximum atomic E-state index is 13.7. The fourth-order valence-corrected chi connectivity index (χ4v) is 7.12. The van der Waals surface area contributed by atoms with Crippen molar-refractivity contribution in [1.29, 1.82) is 0 Å². The second-order valence-corrected chi connectivity index (χ2v) is 15.4. The molecule has 3 heterocycles. The van der Waals surface area contributed by atoms with E-state index in [1.807, 2.05) is 0 Å². The summed E-state index contributed by atoms with van der Waals surface area (Å²) in [5, 5.41) is 8.32. The van der Waals surface area contributed by atoms with E-state index in [0.717, 1.165) is 25.9 Å². The zero-order chi connectivity index (χ0) is 46.7. The van der Waals surface area contributed by atoms with Crippen molar-refractivity contribution in [3.63, 3.8) is 0 Å². The van der Waals surface area contributed by atoms with Crippen LogP contribution < -0.4 is 35.9 Å². The highest BCUT2D eigenvalue weighted by Crippen LogP contribution is 2.29. The van der Waals surface area contributed by atoms with Crippen molar-refractivity contribution in [2.24, 2.45) is 5.73 Å². The van der Waals surface area contributed by atoms with Gasteiger partial charge in [0.2, 0.25) is 0 Å². The summed E-state index contributed by atoms with van der Waals surface area (Å²) in [5.74, 6) is -0.763. The van der Waals surface area contributed by atoms with Crippen LogP contribution in [0.4, 0.5) is 25.0 Å². The number of aromatic nitrogens is 2. The lowest BCUT2D eigenvalue weighted by molar-refractivity contribution is 0.0734. The highest BCUT2D eigenvalue weighted by Gasteiger charge is 2.19. The molecule has 5 N–H and O–H groups in total. The van der Waals surface area contributed by atoms with Crippen LogP contribution in [0.3, 0.4) is 0 Å². The smallest absolute Gasteiger partial charge is 0.343 e. The van der Waals surface area contributed by atoms with Gasteiger partial charge in [0.25, 0.3) is 11.8 Å². The lowest BCUT2D eigenvalue weighted by Gasteiger charge is -2.26. The molecule has 0 radical (unpaired) electrons. The first-order valence-electron chi connectivity index (χ1n) is 21.3. The molecule has 4 amide bonds. The number of rotatable bonds is 15. The molecule has 14 nitrogen and oxygen atoms in total. The summed E-state index contributed by atoms with van der Waals surface area (Å²) in [7, 11) is 0. The van der Waals surface area contributed by atoms with Crippen LogP contribution in [-0.4, -0.2) is 64.9 Å². The topological polar surface area (TPSA) is 187 Å². The Morgan fingerprint density at radius 2 is 1.06 bits per heavy atom. The molecule has 338 valence electrons. The minimum Gasteiger partial charge on any atom is -0.457 e. The third kappa shape index (κ3) is 12.4. The Morgan fingerprint density at radius 1 is 0.567 bits per heavy atom. The van der Waals surface area contributed by atoms with Crippen LogP contribution in [0.25, 0.3) is 22.5 Å². The van der Waals surface area contributed by atoms with E-state index in [4.69, 9.17) is 19.9 Å². The number of primary amides is 1. The summed E-state index contributed by atoms with van der Waals surface area (Å²) in [6, 6.07) is 36.0. The first kappa shape index (κ1) is 45.1. The van der Waals surface area contributed by atoms with Crippen LogP contribution in [0.15, 0.2) is 146 Å². The molecule has 67 heavy (non-hydrogen) atoms. The van der Waals surface area contributed by atoms with Crippen molar-refractivity contribution >= 4 is 35.2 Å². The normalized spacial score (nSPS) is 12.4. The molecule has 0 aliphatic carbocycles. The maximum Gasteiger partial charge on any atom is 0.343 e. The van der Waals surface area contributed by atoms with E-state index in [0.29, 0.717) is 64.3 Å². The fourth-order valence-electron chi connectivity index (χ4n) is 7.12. The van der Waals surface area contributed by atoms with Gasteiger partial charge in [0.15, 0.2) is 0 Å². The van der Waals surface area contributed by atoms with Gasteiger partial charge < -0.3 is 40.8 Å². The summed E-state index contributed by atoms with van der Waals surface area (Å²) >= 11 is 0. The number of nitrogens with two attached hydrogens (primary N) is 1. The quantitative estimate of drug-likeness (QED) is 0.0570. The number of halogens is 2. The van der Waals surface area contributed by atoms with Gasteiger partial charge in [0, 0.05) is 35.6 Å². The molecule has 0 saturated carbocycles. The highest BCUT2D eigenvalue weighted by molar-refractivity contribution is 6.02. The van der Waals surface area contributed by atoms with Gasteiger partial charge in [-0.3, -0.25) is 9.59 Å². The van der Waals surface area contributed by atoms with Gasteiger partial charge in [-0.25, -0.2) is 28.3 Å². The molecule has 8 rings (SSSR count). The number of esters is 1. The van der Waals surface area contributed by atoms with Gasteiger partial charge in [0.05, 0.1) is 17.0 Å². The summed E-state index contributed by atoms with van der Waals surface area (Å²) in [6.07, 6.45) is 3.44. The third-order valence-electron chi connectivity index (χ3n) is 10.5. The maximum absolute atomic E-state index is 13.7. The Bertz CT molecular complexity index is 2880. The lowest BCUT2D eigenvalue weighted by Crippen LogP contribution is -2.37. The van der Waals surface area contributed by atoms with Crippen molar-refractivity contribution in [3.8, 4) is 51.3 Å². The third-order valence-corrected chi connectivity index (χ3v) is 10.5. The number of likely N-dealkylation sites (tertiary alicyclic amines) is 1. The molecule has 1 fully saturated rings. The SMILES string of the molecule is NC(=O)c1cc(NC(=O)Nc2ccc(OC(=O)c3cc(C(=O)NCCN4CCCCC4)nc(-c4ccc(Oc5ccc(F)cc5)cc4)c3)cc2)cc(-c2ccc(Oc3ccc(F)cc3)cc2)n1. The van der Waals surface area contributed by atoms with Crippen LogP contribution in [0.5, 0.6) is 28.7 Å². The van der Waals surface area contributed by atoms with E-state index < -0.39 is 23.8 Å². The van der Waals surface area contributed by atoms with E-state index in [2.05, 4.69) is 30.8 Å². The van der Waals surface area contributed by atoms with Crippen molar-refractivity contribution in [1.82, 2.24) is 20.2 Å². The number of carbonyl (C=O) groups excluding carboxylic acids is 4.